The number of carbonyl (C=O) groups is 4. The Bertz CT molecular complexity index is 1690. The highest BCUT2D eigenvalue weighted by atomic mass is 35.5. The molecule has 0 radical (unpaired) electrons. The highest BCUT2D eigenvalue weighted by molar-refractivity contribution is 8.00. The summed E-state index contributed by atoms with van der Waals surface area (Å²) in [4.78, 5) is 53.8. The van der Waals surface area contributed by atoms with Gasteiger partial charge >= 0.3 is 0 Å². The molecule has 10 heteroatoms. The Morgan fingerprint density at radius 3 is 2.35 bits per heavy atom. The fourth-order valence-electron chi connectivity index (χ4n) is 4.38. The molecule has 216 valence electrons. The number of carbonyl (C=O) groups excluding carboxylic acids is 4. The standard InChI is InChI=1S/C33H26ClN3O5S/c1-42-26-9-5-6-21(18-26)19-28(36-31(39)22-7-3-2-4-8-22)32(40)35-24-12-16-27(17-13-24)43-29-20-30(38)37(33(29)41)25-14-10-23(34)11-15-25/h2-19,29H,20H2,1H3,(H,35,40)(H,36,39)/b28-19-. The lowest BCUT2D eigenvalue weighted by molar-refractivity contribution is -0.121. The summed E-state index contributed by atoms with van der Waals surface area (Å²) in [5, 5.41) is 5.47. The number of nitrogens with one attached hydrogen (secondary N) is 2. The SMILES string of the molecule is COc1cccc(/C=C(\NC(=O)c2ccccc2)C(=O)Nc2ccc(SC3CC(=O)N(c4ccc(Cl)cc4)C3=O)cc2)c1. The summed E-state index contributed by atoms with van der Waals surface area (Å²) in [7, 11) is 1.55. The highest BCUT2D eigenvalue weighted by Crippen LogP contribution is 2.34. The average Bonchev–Trinajstić information content (AvgIpc) is 3.30. The minimum atomic E-state index is -0.575. The summed E-state index contributed by atoms with van der Waals surface area (Å²) >= 11 is 7.22. The van der Waals surface area contributed by atoms with Crippen molar-refractivity contribution < 1.29 is 23.9 Å². The summed E-state index contributed by atoms with van der Waals surface area (Å²) in [6.07, 6.45) is 1.64. The van der Waals surface area contributed by atoms with Crippen LogP contribution in [0.4, 0.5) is 11.4 Å². The van der Waals surface area contributed by atoms with Crippen molar-refractivity contribution in [3.8, 4) is 5.75 Å². The van der Waals surface area contributed by atoms with Gasteiger partial charge in [-0.25, -0.2) is 4.90 Å². The zero-order valence-electron chi connectivity index (χ0n) is 23.0. The number of methoxy groups -OCH3 is 1. The van der Waals surface area contributed by atoms with Crippen molar-refractivity contribution in [1.82, 2.24) is 5.32 Å². The summed E-state index contributed by atoms with van der Waals surface area (Å²) in [5.41, 5.74) is 2.07. The maximum absolute atomic E-state index is 13.3. The van der Waals surface area contributed by atoms with E-state index in [0.29, 0.717) is 33.3 Å². The molecule has 1 aliphatic rings. The van der Waals surface area contributed by atoms with E-state index in [1.54, 1.807) is 116 Å². The second-order valence-electron chi connectivity index (χ2n) is 9.49. The third-order valence-electron chi connectivity index (χ3n) is 6.51. The van der Waals surface area contributed by atoms with Crippen molar-refractivity contribution >= 4 is 64.4 Å². The summed E-state index contributed by atoms with van der Waals surface area (Å²) in [5.74, 6) is -0.921. The van der Waals surface area contributed by atoms with Crippen LogP contribution in [0.2, 0.25) is 5.02 Å². The fourth-order valence-corrected chi connectivity index (χ4v) is 5.56. The van der Waals surface area contributed by atoms with Crippen LogP contribution in [0.15, 0.2) is 114 Å². The normalized spacial score (nSPS) is 14.9. The van der Waals surface area contributed by atoms with E-state index in [9.17, 15) is 19.2 Å². The van der Waals surface area contributed by atoms with E-state index >= 15 is 0 Å². The second kappa shape index (κ2) is 13.4. The maximum Gasteiger partial charge on any atom is 0.272 e. The highest BCUT2D eigenvalue weighted by Gasteiger charge is 2.40. The Balaban J connectivity index is 1.28. The van der Waals surface area contributed by atoms with Gasteiger partial charge in [0.1, 0.15) is 11.4 Å². The van der Waals surface area contributed by atoms with E-state index in [-0.39, 0.29) is 23.9 Å². The first kappa shape index (κ1) is 29.6. The number of thioether (sulfide) groups is 1. The number of halogens is 1. The Labute approximate surface area is 257 Å². The molecule has 2 N–H and O–H groups in total. The lowest BCUT2D eigenvalue weighted by Gasteiger charge is -2.15. The molecule has 4 amide bonds. The number of amides is 4. The Kier molecular flexibility index (Phi) is 9.24. The number of hydrogen-bond acceptors (Lipinski definition) is 6. The Morgan fingerprint density at radius 1 is 0.930 bits per heavy atom. The molecule has 0 aliphatic carbocycles. The number of imide groups is 1. The maximum atomic E-state index is 13.3. The molecule has 0 saturated carbocycles. The van der Waals surface area contributed by atoms with Gasteiger partial charge in [0.2, 0.25) is 11.8 Å². The van der Waals surface area contributed by atoms with E-state index in [1.165, 1.54) is 16.7 Å². The Morgan fingerprint density at radius 2 is 1.65 bits per heavy atom. The van der Waals surface area contributed by atoms with Crippen molar-refractivity contribution in [2.75, 3.05) is 17.3 Å². The topological polar surface area (TPSA) is 105 Å². The Hall–Kier alpha value is -4.86. The van der Waals surface area contributed by atoms with Crippen molar-refractivity contribution in [1.29, 1.82) is 0 Å². The molecule has 1 aliphatic heterocycles. The van der Waals surface area contributed by atoms with E-state index < -0.39 is 17.1 Å². The van der Waals surface area contributed by atoms with Crippen LogP contribution in [0.5, 0.6) is 5.75 Å². The van der Waals surface area contributed by atoms with Crippen molar-refractivity contribution in [3.63, 3.8) is 0 Å². The molecule has 43 heavy (non-hydrogen) atoms. The van der Waals surface area contributed by atoms with Gasteiger partial charge in [-0.2, -0.15) is 0 Å². The van der Waals surface area contributed by atoms with Gasteiger partial charge in [-0.3, -0.25) is 19.2 Å². The molecular weight excluding hydrogens is 586 g/mol. The molecule has 1 unspecified atom stereocenters. The monoisotopic (exact) mass is 611 g/mol. The van der Waals surface area contributed by atoms with E-state index in [4.69, 9.17) is 16.3 Å². The van der Waals surface area contributed by atoms with Crippen LogP contribution in [-0.2, 0) is 14.4 Å². The van der Waals surface area contributed by atoms with Gasteiger partial charge in [0.25, 0.3) is 11.8 Å². The van der Waals surface area contributed by atoms with E-state index in [0.717, 1.165) is 4.90 Å². The molecule has 5 rings (SSSR count). The quantitative estimate of drug-likeness (QED) is 0.173. The van der Waals surface area contributed by atoms with Gasteiger partial charge < -0.3 is 15.4 Å². The zero-order valence-corrected chi connectivity index (χ0v) is 24.5. The predicted octanol–water partition coefficient (Wildman–Crippen LogP) is 6.18. The molecule has 0 spiro atoms. The summed E-state index contributed by atoms with van der Waals surface area (Å²) in [6, 6.07) is 29.2. The molecule has 1 heterocycles. The smallest absolute Gasteiger partial charge is 0.272 e. The van der Waals surface area contributed by atoms with Crippen molar-refractivity contribution in [2.24, 2.45) is 0 Å². The van der Waals surface area contributed by atoms with Crippen LogP contribution in [0.1, 0.15) is 22.3 Å². The largest absolute Gasteiger partial charge is 0.497 e. The van der Waals surface area contributed by atoms with Crippen LogP contribution in [-0.4, -0.2) is 36.0 Å². The fraction of sp³-hybridized carbons (Fsp3) is 0.0909. The van der Waals surface area contributed by atoms with Crippen molar-refractivity contribution in [2.45, 2.75) is 16.6 Å². The second-order valence-corrected chi connectivity index (χ2v) is 11.2. The number of nitrogens with zero attached hydrogens (tertiary/aromatic N) is 1. The minimum Gasteiger partial charge on any atom is -0.497 e. The minimum absolute atomic E-state index is 0.0397. The van der Waals surface area contributed by atoms with E-state index in [2.05, 4.69) is 10.6 Å². The van der Waals surface area contributed by atoms with Crippen LogP contribution >= 0.6 is 23.4 Å². The van der Waals surface area contributed by atoms with Crippen LogP contribution in [0.3, 0.4) is 0 Å². The molecule has 1 saturated heterocycles. The lowest BCUT2D eigenvalue weighted by atomic mass is 10.1. The molecule has 1 atom stereocenters. The molecule has 0 bridgehead atoms. The molecule has 4 aromatic carbocycles. The molecule has 0 aromatic heterocycles. The first-order chi connectivity index (χ1) is 20.8. The van der Waals surface area contributed by atoms with Gasteiger partial charge in [-0.1, -0.05) is 41.9 Å². The van der Waals surface area contributed by atoms with Crippen LogP contribution in [0.25, 0.3) is 6.08 Å². The number of benzene rings is 4. The zero-order chi connectivity index (χ0) is 30.3. The molecule has 4 aromatic rings. The van der Waals surface area contributed by atoms with Gasteiger partial charge in [0.05, 0.1) is 18.0 Å². The number of rotatable bonds is 9. The molecule has 8 nitrogen and oxygen atoms in total. The molecular formula is C33H26ClN3O5S. The third kappa shape index (κ3) is 7.32. The van der Waals surface area contributed by atoms with Gasteiger partial charge in [-0.05, 0) is 84.4 Å². The van der Waals surface area contributed by atoms with E-state index in [1.807, 2.05) is 0 Å². The predicted molar refractivity (Wildman–Crippen MR) is 168 cm³/mol. The van der Waals surface area contributed by atoms with Gasteiger partial charge in [0, 0.05) is 27.6 Å². The number of anilines is 2. The van der Waals surface area contributed by atoms with Crippen LogP contribution in [0, 0.1) is 0 Å². The first-order valence-corrected chi connectivity index (χ1v) is 14.5. The number of ether oxygens (including phenoxy) is 1. The van der Waals surface area contributed by atoms with Gasteiger partial charge in [-0.15, -0.1) is 11.8 Å². The molecule has 1 fully saturated rings. The first-order valence-electron chi connectivity index (χ1n) is 13.2. The summed E-state index contributed by atoms with van der Waals surface area (Å²) in [6.45, 7) is 0. The lowest BCUT2D eigenvalue weighted by Crippen LogP contribution is -2.31. The van der Waals surface area contributed by atoms with Crippen LogP contribution < -0.4 is 20.3 Å². The third-order valence-corrected chi connectivity index (χ3v) is 7.96. The number of hydrogen-bond donors (Lipinski definition) is 2. The van der Waals surface area contributed by atoms with Gasteiger partial charge in [0.15, 0.2) is 0 Å². The average molecular weight is 612 g/mol. The van der Waals surface area contributed by atoms with Crippen molar-refractivity contribution in [3.05, 3.63) is 125 Å². The summed E-state index contributed by atoms with van der Waals surface area (Å²) < 4.78 is 5.28.